The number of alkyl halides is 1. The van der Waals surface area contributed by atoms with Crippen LogP contribution in [0.2, 0.25) is 0 Å². The second kappa shape index (κ2) is 9.40. The van der Waals surface area contributed by atoms with E-state index in [-0.39, 0.29) is 25.8 Å². The van der Waals surface area contributed by atoms with Crippen LogP contribution >= 0.6 is 0 Å². The molecule has 23 heavy (non-hydrogen) atoms. The molecule has 0 aliphatic carbocycles. The van der Waals surface area contributed by atoms with E-state index in [0.717, 1.165) is 11.1 Å². The van der Waals surface area contributed by atoms with E-state index in [0.29, 0.717) is 0 Å². The molecule has 2 aromatic carbocycles. The normalized spacial score (nSPS) is 13.9. The summed E-state index contributed by atoms with van der Waals surface area (Å²) in [6.45, 7) is 1.92. The fourth-order valence-electron chi connectivity index (χ4n) is 2.46. The largest absolute Gasteiger partial charge is 0.394 e. The van der Waals surface area contributed by atoms with Crippen LogP contribution in [0, 0.1) is 0 Å². The summed E-state index contributed by atoms with van der Waals surface area (Å²) >= 11 is 0. The monoisotopic (exact) mass is 317 g/mol. The first-order valence-electron chi connectivity index (χ1n) is 7.92. The van der Waals surface area contributed by atoms with Crippen LogP contribution in [-0.2, 0) is 4.74 Å². The van der Waals surface area contributed by atoms with Crippen molar-refractivity contribution in [3.05, 3.63) is 71.8 Å². The third-order valence-electron chi connectivity index (χ3n) is 3.76. The average Bonchev–Trinajstić information content (AvgIpc) is 2.61. The van der Waals surface area contributed by atoms with E-state index in [1.807, 2.05) is 60.7 Å². The second-order valence-electron chi connectivity index (χ2n) is 5.48. The zero-order valence-corrected chi connectivity index (χ0v) is 13.4. The number of ether oxygens (including phenoxy) is 1. The summed E-state index contributed by atoms with van der Waals surface area (Å²) in [5, 5.41) is 12.0. The lowest BCUT2D eigenvalue weighted by molar-refractivity contribution is -0.00614. The molecule has 0 saturated heterocycles. The van der Waals surface area contributed by atoms with Gasteiger partial charge in [-0.3, -0.25) is 0 Å². The van der Waals surface area contributed by atoms with E-state index in [4.69, 9.17) is 9.84 Å². The third kappa shape index (κ3) is 5.43. The van der Waals surface area contributed by atoms with E-state index in [9.17, 15) is 4.39 Å². The number of halogens is 1. The van der Waals surface area contributed by atoms with Crippen molar-refractivity contribution in [3.8, 4) is 0 Å². The molecule has 0 aliphatic heterocycles. The fraction of sp³-hybridized carbons (Fsp3) is 0.368. The SMILES string of the molecule is CC(OCCO)C(F)CNC(c1ccccc1)c1ccccc1. The molecule has 2 aromatic rings. The zero-order chi connectivity index (χ0) is 16.5. The Bertz CT molecular complexity index is 510. The lowest BCUT2D eigenvalue weighted by Crippen LogP contribution is -2.36. The van der Waals surface area contributed by atoms with Crippen LogP contribution < -0.4 is 5.32 Å². The first-order chi connectivity index (χ1) is 11.2. The minimum atomic E-state index is -1.14. The van der Waals surface area contributed by atoms with Gasteiger partial charge in [0.25, 0.3) is 0 Å². The second-order valence-corrected chi connectivity index (χ2v) is 5.48. The molecule has 3 nitrogen and oxygen atoms in total. The van der Waals surface area contributed by atoms with Crippen LogP contribution in [0.5, 0.6) is 0 Å². The van der Waals surface area contributed by atoms with E-state index < -0.39 is 12.3 Å². The van der Waals surface area contributed by atoms with Crippen molar-refractivity contribution in [2.75, 3.05) is 19.8 Å². The van der Waals surface area contributed by atoms with Crippen LogP contribution in [0.25, 0.3) is 0 Å². The molecule has 0 bridgehead atoms. The summed E-state index contributed by atoms with van der Waals surface area (Å²) in [7, 11) is 0. The van der Waals surface area contributed by atoms with Crippen LogP contribution in [0.15, 0.2) is 60.7 Å². The number of aliphatic hydroxyl groups is 1. The lowest BCUT2D eigenvalue weighted by Gasteiger charge is -2.23. The molecule has 4 heteroatoms. The maximum atomic E-state index is 14.2. The number of aliphatic hydroxyl groups excluding tert-OH is 1. The molecule has 0 fully saturated rings. The standard InChI is InChI=1S/C19H24FNO2/c1-15(23-13-12-22)18(20)14-21-19(16-8-4-2-5-9-16)17-10-6-3-7-11-17/h2-11,15,18-19,21-22H,12-14H2,1H3. The van der Waals surface area contributed by atoms with Crippen molar-refractivity contribution in [3.63, 3.8) is 0 Å². The van der Waals surface area contributed by atoms with Gasteiger partial charge in [0, 0.05) is 6.54 Å². The molecule has 2 unspecified atom stereocenters. The Morgan fingerprint density at radius 3 is 2.00 bits per heavy atom. The van der Waals surface area contributed by atoms with Crippen LogP contribution in [0.4, 0.5) is 4.39 Å². The van der Waals surface area contributed by atoms with Gasteiger partial charge in [-0.15, -0.1) is 0 Å². The Kier molecular flexibility index (Phi) is 7.20. The molecule has 2 N–H and O–H groups in total. The van der Waals surface area contributed by atoms with Gasteiger partial charge in [-0.05, 0) is 18.1 Å². The highest BCUT2D eigenvalue weighted by molar-refractivity contribution is 5.31. The van der Waals surface area contributed by atoms with Crippen molar-refractivity contribution in [2.24, 2.45) is 0 Å². The summed E-state index contributed by atoms with van der Waals surface area (Å²) in [6, 6.07) is 19.9. The smallest absolute Gasteiger partial charge is 0.138 e. The number of benzene rings is 2. The van der Waals surface area contributed by atoms with Crippen molar-refractivity contribution < 1.29 is 14.2 Å². The van der Waals surface area contributed by atoms with Gasteiger partial charge >= 0.3 is 0 Å². The van der Waals surface area contributed by atoms with Crippen molar-refractivity contribution >= 4 is 0 Å². The highest BCUT2D eigenvalue weighted by Crippen LogP contribution is 2.22. The van der Waals surface area contributed by atoms with Gasteiger partial charge in [-0.1, -0.05) is 60.7 Å². The maximum absolute atomic E-state index is 14.2. The van der Waals surface area contributed by atoms with E-state index in [1.165, 1.54) is 0 Å². The van der Waals surface area contributed by atoms with Crippen LogP contribution in [0.3, 0.4) is 0 Å². The fourth-order valence-corrected chi connectivity index (χ4v) is 2.46. The summed E-state index contributed by atoms with van der Waals surface area (Å²) in [5.41, 5.74) is 2.18. The minimum absolute atomic E-state index is 0.0688. The van der Waals surface area contributed by atoms with Gasteiger partial charge in [0.05, 0.1) is 25.4 Å². The molecule has 124 valence electrons. The Balaban J connectivity index is 2.04. The molecule has 0 aliphatic rings. The molecular formula is C19H24FNO2. The Morgan fingerprint density at radius 2 is 1.52 bits per heavy atom. The van der Waals surface area contributed by atoms with Crippen molar-refractivity contribution in [2.45, 2.75) is 25.2 Å². The Morgan fingerprint density at radius 1 is 1.00 bits per heavy atom. The van der Waals surface area contributed by atoms with Gasteiger partial charge in [0.2, 0.25) is 0 Å². The molecule has 0 saturated carbocycles. The molecule has 0 amide bonds. The summed E-state index contributed by atoms with van der Waals surface area (Å²) in [6.07, 6.45) is -1.70. The third-order valence-corrected chi connectivity index (χ3v) is 3.76. The van der Waals surface area contributed by atoms with E-state index in [2.05, 4.69) is 5.32 Å². The molecule has 0 spiro atoms. The van der Waals surface area contributed by atoms with Crippen molar-refractivity contribution in [1.29, 1.82) is 0 Å². The maximum Gasteiger partial charge on any atom is 0.138 e. The molecule has 2 rings (SSSR count). The Hall–Kier alpha value is -1.75. The molecular weight excluding hydrogens is 293 g/mol. The molecule has 0 heterocycles. The number of nitrogens with one attached hydrogen (secondary N) is 1. The van der Waals surface area contributed by atoms with Gasteiger partial charge in [0.15, 0.2) is 0 Å². The van der Waals surface area contributed by atoms with Gasteiger partial charge in [-0.2, -0.15) is 0 Å². The zero-order valence-electron chi connectivity index (χ0n) is 13.4. The predicted octanol–water partition coefficient (Wildman–Crippen LogP) is 3.10. The lowest BCUT2D eigenvalue weighted by atomic mass is 9.98. The molecule has 0 radical (unpaired) electrons. The summed E-state index contributed by atoms with van der Waals surface area (Å²) in [5.74, 6) is 0. The molecule has 0 aromatic heterocycles. The Labute approximate surface area is 137 Å². The van der Waals surface area contributed by atoms with E-state index in [1.54, 1.807) is 6.92 Å². The first-order valence-corrected chi connectivity index (χ1v) is 7.92. The van der Waals surface area contributed by atoms with Crippen LogP contribution in [-0.4, -0.2) is 37.1 Å². The number of hydrogen-bond acceptors (Lipinski definition) is 3. The highest BCUT2D eigenvalue weighted by atomic mass is 19.1. The number of rotatable bonds is 9. The topological polar surface area (TPSA) is 41.5 Å². The molecule has 2 atom stereocenters. The predicted molar refractivity (Wildman–Crippen MR) is 90.1 cm³/mol. The minimum Gasteiger partial charge on any atom is -0.394 e. The average molecular weight is 317 g/mol. The van der Waals surface area contributed by atoms with Crippen LogP contribution in [0.1, 0.15) is 24.1 Å². The summed E-state index contributed by atoms with van der Waals surface area (Å²) in [4.78, 5) is 0. The highest BCUT2D eigenvalue weighted by Gasteiger charge is 2.20. The van der Waals surface area contributed by atoms with Crippen molar-refractivity contribution in [1.82, 2.24) is 5.32 Å². The summed E-state index contributed by atoms with van der Waals surface area (Å²) < 4.78 is 19.5. The van der Waals surface area contributed by atoms with Gasteiger partial charge < -0.3 is 15.2 Å². The first kappa shape index (κ1) is 17.6. The van der Waals surface area contributed by atoms with E-state index >= 15 is 0 Å². The van der Waals surface area contributed by atoms with Gasteiger partial charge in [0.1, 0.15) is 6.17 Å². The van der Waals surface area contributed by atoms with Gasteiger partial charge in [-0.25, -0.2) is 4.39 Å². The number of hydrogen-bond donors (Lipinski definition) is 2. The quantitative estimate of drug-likeness (QED) is 0.747.